The normalized spacial score (nSPS) is 29.0. The van der Waals surface area contributed by atoms with E-state index in [1.807, 2.05) is 0 Å². The van der Waals surface area contributed by atoms with Crippen molar-refractivity contribution in [3.8, 4) is 0 Å². The van der Waals surface area contributed by atoms with Crippen molar-refractivity contribution in [1.29, 1.82) is 0 Å². The predicted molar refractivity (Wildman–Crippen MR) is 64.3 cm³/mol. The van der Waals surface area contributed by atoms with Gasteiger partial charge in [-0.2, -0.15) is 0 Å². The summed E-state index contributed by atoms with van der Waals surface area (Å²) in [6.07, 6.45) is 2.86. The molecule has 1 aliphatic rings. The molecule has 1 atom stereocenters. The van der Waals surface area contributed by atoms with Crippen molar-refractivity contribution >= 4 is 11.3 Å². The molecule has 3 heteroatoms. The number of likely N-dealkylation sites (tertiary alicyclic amines) is 1. The van der Waals surface area contributed by atoms with Gasteiger partial charge in [-0.15, -0.1) is 11.3 Å². The zero-order valence-electron chi connectivity index (χ0n) is 9.49. The van der Waals surface area contributed by atoms with Crippen LogP contribution >= 0.6 is 11.3 Å². The molecule has 0 aromatic carbocycles. The molecule has 1 saturated heterocycles. The van der Waals surface area contributed by atoms with E-state index in [-0.39, 0.29) is 0 Å². The minimum absolute atomic E-state index is 0.566. The van der Waals surface area contributed by atoms with Crippen molar-refractivity contribution in [2.45, 2.75) is 31.8 Å². The fourth-order valence-electron chi connectivity index (χ4n) is 2.33. The van der Waals surface area contributed by atoms with Crippen LogP contribution in [0.1, 0.15) is 29.7 Å². The van der Waals surface area contributed by atoms with E-state index in [0.29, 0.717) is 0 Å². The first-order valence-corrected chi connectivity index (χ1v) is 6.45. The molecule has 2 nitrogen and oxygen atoms in total. The first-order valence-electron chi connectivity index (χ1n) is 5.57. The maximum absolute atomic E-state index is 10.7. The summed E-state index contributed by atoms with van der Waals surface area (Å²) < 4.78 is 0. The Balaban J connectivity index is 2.22. The van der Waals surface area contributed by atoms with Crippen LogP contribution in [0.4, 0.5) is 0 Å². The zero-order valence-corrected chi connectivity index (χ0v) is 10.3. The van der Waals surface area contributed by atoms with Crippen molar-refractivity contribution in [3.63, 3.8) is 0 Å². The summed E-state index contributed by atoms with van der Waals surface area (Å²) in [6.45, 7) is 4.19. The largest absolute Gasteiger partial charge is 0.384 e. The van der Waals surface area contributed by atoms with E-state index in [4.69, 9.17) is 0 Å². The van der Waals surface area contributed by atoms with Crippen molar-refractivity contribution in [1.82, 2.24) is 4.90 Å². The molecule has 0 bridgehead atoms. The maximum atomic E-state index is 10.7. The van der Waals surface area contributed by atoms with Crippen molar-refractivity contribution in [2.24, 2.45) is 0 Å². The highest BCUT2D eigenvalue weighted by Crippen LogP contribution is 2.37. The molecule has 1 N–H and O–H groups in total. The zero-order chi connectivity index (χ0) is 10.9. The van der Waals surface area contributed by atoms with Crippen LogP contribution in [0.25, 0.3) is 0 Å². The van der Waals surface area contributed by atoms with Crippen LogP contribution < -0.4 is 0 Å². The fraction of sp³-hybridized carbons (Fsp3) is 0.667. The highest BCUT2D eigenvalue weighted by atomic mass is 32.1. The molecule has 1 aliphatic heterocycles. The summed E-state index contributed by atoms with van der Waals surface area (Å²) in [5.74, 6) is 0. The molecule has 84 valence electrons. The third-order valence-corrected chi connectivity index (χ3v) is 4.53. The van der Waals surface area contributed by atoms with Crippen LogP contribution in [-0.4, -0.2) is 30.1 Å². The van der Waals surface area contributed by atoms with E-state index < -0.39 is 5.60 Å². The quantitative estimate of drug-likeness (QED) is 0.793. The van der Waals surface area contributed by atoms with Crippen LogP contribution in [0.3, 0.4) is 0 Å². The fourth-order valence-corrected chi connectivity index (χ4v) is 3.42. The molecule has 1 fully saturated rings. The van der Waals surface area contributed by atoms with Gasteiger partial charge in [0.15, 0.2) is 0 Å². The topological polar surface area (TPSA) is 23.5 Å². The molecule has 2 rings (SSSR count). The van der Waals surface area contributed by atoms with E-state index in [0.717, 1.165) is 32.4 Å². The minimum atomic E-state index is -0.566. The number of thiophene rings is 1. The summed E-state index contributed by atoms with van der Waals surface area (Å²) >= 11 is 1.70. The standard InChI is InChI=1S/C12H19NOS/c1-10-4-9-15-11(10)12(14)5-3-7-13(2)8-6-12/h4,9,14H,3,5-8H2,1-2H3. The van der Waals surface area contributed by atoms with Gasteiger partial charge in [0.1, 0.15) is 5.60 Å². The van der Waals surface area contributed by atoms with Gasteiger partial charge in [0, 0.05) is 11.4 Å². The van der Waals surface area contributed by atoms with Crippen molar-refractivity contribution in [2.75, 3.05) is 20.1 Å². The van der Waals surface area contributed by atoms with Crippen LogP contribution in [0.2, 0.25) is 0 Å². The van der Waals surface area contributed by atoms with Crippen molar-refractivity contribution in [3.05, 3.63) is 21.9 Å². The number of aliphatic hydroxyl groups is 1. The number of nitrogens with zero attached hydrogens (tertiary/aromatic N) is 1. The maximum Gasteiger partial charge on any atom is 0.100 e. The SMILES string of the molecule is Cc1ccsc1C1(O)CCCN(C)CC1. The third kappa shape index (κ3) is 2.25. The summed E-state index contributed by atoms with van der Waals surface area (Å²) in [5, 5.41) is 12.8. The van der Waals surface area contributed by atoms with Crippen LogP contribution in [0.5, 0.6) is 0 Å². The van der Waals surface area contributed by atoms with E-state index in [1.54, 1.807) is 11.3 Å². The molecule has 0 radical (unpaired) electrons. The Kier molecular flexibility index (Phi) is 3.14. The molecule has 1 unspecified atom stereocenters. The predicted octanol–water partition coefficient (Wildman–Crippen LogP) is 2.36. The lowest BCUT2D eigenvalue weighted by molar-refractivity contribution is 0.0249. The van der Waals surface area contributed by atoms with Crippen LogP contribution in [-0.2, 0) is 5.60 Å². The smallest absolute Gasteiger partial charge is 0.100 e. The Bertz CT molecular complexity index is 336. The molecular weight excluding hydrogens is 206 g/mol. The Morgan fingerprint density at radius 3 is 2.87 bits per heavy atom. The van der Waals surface area contributed by atoms with E-state index in [2.05, 4.69) is 30.3 Å². The molecule has 0 amide bonds. The summed E-state index contributed by atoms with van der Waals surface area (Å²) in [4.78, 5) is 3.48. The Morgan fingerprint density at radius 2 is 2.20 bits per heavy atom. The molecule has 2 heterocycles. The first-order chi connectivity index (χ1) is 7.12. The highest BCUT2D eigenvalue weighted by molar-refractivity contribution is 7.10. The molecule has 0 saturated carbocycles. The summed E-state index contributed by atoms with van der Waals surface area (Å²) in [6, 6.07) is 2.10. The average molecular weight is 225 g/mol. The molecular formula is C12H19NOS. The second-order valence-electron chi connectivity index (χ2n) is 4.62. The van der Waals surface area contributed by atoms with E-state index >= 15 is 0 Å². The highest BCUT2D eigenvalue weighted by Gasteiger charge is 2.33. The van der Waals surface area contributed by atoms with Gasteiger partial charge in [0.05, 0.1) is 0 Å². The van der Waals surface area contributed by atoms with Gasteiger partial charge in [0.2, 0.25) is 0 Å². The second-order valence-corrected chi connectivity index (χ2v) is 5.54. The lowest BCUT2D eigenvalue weighted by Crippen LogP contribution is -2.27. The number of hydrogen-bond donors (Lipinski definition) is 1. The van der Waals surface area contributed by atoms with Gasteiger partial charge >= 0.3 is 0 Å². The molecule has 15 heavy (non-hydrogen) atoms. The second kappa shape index (κ2) is 4.24. The Hall–Kier alpha value is -0.380. The monoisotopic (exact) mass is 225 g/mol. The van der Waals surface area contributed by atoms with Gasteiger partial charge < -0.3 is 10.0 Å². The van der Waals surface area contributed by atoms with Crippen LogP contribution in [0.15, 0.2) is 11.4 Å². The van der Waals surface area contributed by atoms with Gasteiger partial charge in [-0.1, -0.05) is 0 Å². The molecule has 0 aliphatic carbocycles. The lowest BCUT2D eigenvalue weighted by atomic mass is 9.91. The Morgan fingerprint density at radius 1 is 1.40 bits per heavy atom. The number of hydrogen-bond acceptors (Lipinski definition) is 3. The van der Waals surface area contributed by atoms with Gasteiger partial charge in [-0.05, 0) is 56.8 Å². The summed E-state index contributed by atoms with van der Waals surface area (Å²) in [7, 11) is 2.13. The number of aryl methyl sites for hydroxylation is 1. The average Bonchev–Trinajstić information content (AvgIpc) is 2.55. The van der Waals surface area contributed by atoms with Crippen molar-refractivity contribution < 1.29 is 5.11 Å². The Labute approximate surface area is 95.5 Å². The summed E-state index contributed by atoms with van der Waals surface area (Å²) in [5.41, 5.74) is 0.676. The molecule has 0 spiro atoms. The van der Waals surface area contributed by atoms with Crippen LogP contribution in [0, 0.1) is 6.92 Å². The van der Waals surface area contributed by atoms with Gasteiger partial charge in [-0.3, -0.25) is 0 Å². The van der Waals surface area contributed by atoms with Gasteiger partial charge in [-0.25, -0.2) is 0 Å². The van der Waals surface area contributed by atoms with Gasteiger partial charge in [0.25, 0.3) is 0 Å². The number of rotatable bonds is 1. The molecule has 1 aromatic heterocycles. The van der Waals surface area contributed by atoms with E-state index in [1.165, 1.54) is 10.4 Å². The van der Waals surface area contributed by atoms with E-state index in [9.17, 15) is 5.11 Å². The minimum Gasteiger partial charge on any atom is -0.384 e. The molecule has 1 aromatic rings. The first kappa shape index (κ1) is 11.1. The lowest BCUT2D eigenvalue weighted by Gasteiger charge is -2.26. The third-order valence-electron chi connectivity index (χ3n) is 3.32.